The van der Waals surface area contributed by atoms with Gasteiger partial charge in [-0.25, -0.2) is 4.39 Å². The van der Waals surface area contributed by atoms with E-state index in [-0.39, 0.29) is 5.82 Å². The second-order valence-corrected chi connectivity index (χ2v) is 5.10. The number of benzene rings is 2. The zero-order chi connectivity index (χ0) is 15.4. The third-order valence-corrected chi connectivity index (χ3v) is 3.31. The average molecular weight is 297 g/mol. The Bertz CT molecular complexity index is 753. The van der Waals surface area contributed by atoms with E-state index in [2.05, 4.69) is 15.5 Å². The Morgan fingerprint density at radius 2 is 1.95 bits per heavy atom. The minimum Gasteiger partial charge on any atom is -0.337 e. The van der Waals surface area contributed by atoms with Crippen LogP contribution in [0.4, 0.5) is 10.4 Å². The monoisotopic (exact) mass is 297 g/mol. The van der Waals surface area contributed by atoms with Gasteiger partial charge in [0.2, 0.25) is 5.82 Å². The molecule has 0 amide bonds. The molecule has 0 fully saturated rings. The van der Waals surface area contributed by atoms with Crippen LogP contribution in [0.25, 0.3) is 11.4 Å². The van der Waals surface area contributed by atoms with Crippen LogP contribution in [0, 0.1) is 12.7 Å². The summed E-state index contributed by atoms with van der Waals surface area (Å²) < 4.78 is 18.0. The van der Waals surface area contributed by atoms with Gasteiger partial charge in [0.1, 0.15) is 5.82 Å². The molecule has 1 aromatic heterocycles. The van der Waals surface area contributed by atoms with Gasteiger partial charge < -0.3 is 9.84 Å². The third kappa shape index (κ3) is 3.49. The van der Waals surface area contributed by atoms with Crippen molar-refractivity contribution in [3.8, 4) is 11.4 Å². The second kappa shape index (κ2) is 6.39. The quantitative estimate of drug-likeness (QED) is 0.777. The van der Waals surface area contributed by atoms with E-state index in [1.54, 1.807) is 12.1 Å². The highest BCUT2D eigenvalue weighted by Gasteiger charge is 2.08. The number of nitrogens with zero attached hydrogens (tertiary/aromatic N) is 2. The summed E-state index contributed by atoms with van der Waals surface area (Å²) in [5, 5.41) is 7.05. The molecule has 3 aromatic rings. The zero-order valence-corrected chi connectivity index (χ0v) is 12.2. The number of anilines is 1. The molecule has 0 atom stereocenters. The van der Waals surface area contributed by atoms with Gasteiger partial charge in [0, 0.05) is 12.1 Å². The van der Waals surface area contributed by atoms with E-state index in [0.717, 1.165) is 23.1 Å². The Morgan fingerprint density at radius 3 is 2.73 bits per heavy atom. The van der Waals surface area contributed by atoms with Crippen LogP contribution in [0.5, 0.6) is 0 Å². The summed E-state index contributed by atoms with van der Waals surface area (Å²) in [6, 6.07) is 14.8. The van der Waals surface area contributed by atoms with Gasteiger partial charge in [-0.05, 0) is 37.1 Å². The first kappa shape index (κ1) is 14.3. The molecule has 0 radical (unpaired) electrons. The second-order valence-electron chi connectivity index (χ2n) is 5.10. The van der Waals surface area contributed by atoms with Gasteiger partial charge in [-0.2, -0.15) is 4.98 Å². The lowest BCUT2D eigenvalue weighted by atomic mass is 10.1. The standard InChI is InChI=1S/C17H16FN3O/c1-12-3-2-4-14(11-12)16-20-17(22-21-16)19-10-9-13-5-7-15(18)8-6-13/h2-8,11H,9-10H2,1H3,(H,19,20,21). The summed E-state index contributed by atoms with van der Waals surface area (Å²) in [5.41, 5.74) is 3.12. The number of hydrogen-bond donors (Lipinski definition) is 1. The normalized spacial score (nSPS) is 10.6. The number of halogens is 1. The molecule has 0 aliphatic heterocycles. The van der Waals surface area contributed by atoms with Crippen molar-refractivity contribution < 1.29 is 8.91 Å². The lowest BCUT2D eigenvalue weighted by Gasteiger charge is -2.01. The first-order valence-electron chi connectivity index (χ1n) is 7.10. The van der Waals surface area contributed by atoms with Gasteiger partial charge in [-0.1, -0.05) is 41.1 Å². The minimum atomic E-state index is -0.226. The lowest BCUT2D eigenvalue weighted by Crippen LogP contribution is -2.05. The number of hydrogen-bond acceptors (Lipinski definition) is 4. The van der Waals surface area contributed by atoms with Crippen LogP contribution in [-0.4, -0.2) is 16.7 Å². The van der Waals surface area contributed by atoms with Crippen molar-refractivity contribution in [3.63, 3.8) is 0 Å². The molecule has 0 bridgehead atoms. The van der Waals surface area contributed by atoms with Crippen LogP contribution in [0.1, 0.15) is 11.1 Å². The smallest absolute Gasteiger partial charge is 0.321 e. The van der Waals surface area contributed by atoms with Gasteiger partial charge in [-0.15, -0.1) is 0 Å². The Balaban J connectivity index is 1.59. The minimum absolute atomic E-state index is 0.226. The fraction of sp³-hybridized carbons (Fsp3) is 0.176. The van der Waals surface area contributed by atoms with E-state index in [9.17, 15) is 4.39 Å². The predicted molar refractivity (Wildman–Crippen MR) is 83.1 cm³/mol. The Hall–Kier alpha value is -2.69. The summed E-state index contributed by atoms with van der Waals surface area (Å²) in [6.07, 6.45) is 0.752. The van der Waals surface area contributed by atoms with Crippen LogP contribution in [0.3, 0.4) is 0 Å². The SMILES string of the molecule is Cc1cccc(-c2noc(NCCc3ccc(F)cc3)n2)c1. The van der Waals surface area contributed by atoms with Crippen LogP contribution < -0.4 is 5.32 Å². The van der Waals surface area contributed by atoms with E-state index in [4.69, 9.17) is 4.52 Å². The fourth-order valence-electron chi connectivity index (χ4n) is 2.16. The molecular weight excluding hydrogens is 281 g/mol. The molecule has 1 heterocycles. The van der Waals surface area contributed by atoms with E-state index in [1.165, 1.54) is 12.1 Å². The van der Waals surface area contributed by atoms with Gasteiger partial charge in [0.25, 0.3) is 0 Å². The lowest BCUT2D eigenvalue weighted by molar-refractivity contribution is 0.432. The van der Waals surface area contributed by atoms with E-state index >= 15 is 0 Å². The molecule has 1 N–H and O–H groups in total. The van der Waals surface area contributed by atoms with Crippen LogP contribution in [0.15, 0.2) is 53.1 Å². The molecular formula is C17H16FN3O. The van der Waals surface area contributed by atoms with Crippen molar-refractivity contribution in [3.05, 3.63) is 65.5 Å². The van der Waals surface area contributed by atoms with Crippen molar-refractivity contribution in [2.45, 2.75) is 13.3 Å². The largest absolute Gasteiger partial charge is 0.337 e. The maximum absolute atomic E-state index is 12.8. The Labute approximate surface area is 128 Å². The first-order chi connectivity index (χ1) is 10.7. The van der Waals surface area contributed by atoms with Crippen molar-refractivity contribution >= 4 is 6.01 Å². The van der Waals surface area contributed by atoms with Crippen molar-refractivity contribution in [1.29, 1.82) is 0 Å². The van der Waals surface area contributed by atoms with Crippen molar-refractivity contribution in [2.75, 3.05) is 11.9 Å². The maximum Gasteiger partial charge on any atom is 0.321 e. The van der Waals surface area contributed by atoms with E-state index < -0.39 is 0 Å². The molecule has 5 heteroatoms. The molecule has 3 rings (SSSR count). The predicted octanol–water partition coefficient (Wildman–Crippen LogP) is 3.84. The van der Waals surface area contributed by atoms with E-state index in [1.807, 2.05) is 31.2 Å². The van der Waals surface area contributed by atoms with Crippen molar-refractivity contribution in [1.82, 2.24) is 10.1 Å². The molecule has 0 unspecified atom stereocenters. The molecule has 112 valence electrons. The summed E-state index contributed by atoms with van der Waals surface area (Å²) in [7, 11) is 0. The number of aryl methyl sites for hydroxylation is 1. The van der Waals surface area contributed by atoms with Gasteiger partial charge >= 0.3 is 6.01 Å². The number of nitrogens with one attached hydrogen (secondary N) is 1. The van der Waals surface area contributed by atoms with Crippen LogP contribution in [-0.2, 0) is 6.42 Å². The summed E-state index contributed by atoms with van der Waals surface area (Å²) >= 11 is 0. The average Bonchev–Trinajstić information content (AvgIpc) is 2.98. The highest BCUT2D eigenvalue weighted by molar-refractivity contribution is 5.56. The molecule has 0 aliphatic rings. The molecule has 0 saturated carbocycles. The topological polar surface area (TPSA) is 51.0 Å². The number of rotatable bonds is 5. The first-order valence-corrected chi connectivity index (χ1v) is 7.10. The van der Waals surface area contributed by atoms with Crippen LogP contribution in [0.2, 0.25) is 0 Å². The third-order valence-electron chi connectivity index (χ3n) is 3.31. The zero-order valence-electron chi connectivity index (χ0n) is 12.2. The van der Waals surface area contributed by atoms with Gasteiger partial charge in [-0.3, -0.25) is 0 Å². The molecule has 22 heavy (non-hydrogen) atoms. The van der Waals surface area contributed by atoms with Crippen LogP contribution >= 0.6 is 0 Å². The summed E-state index contributed by atoms with van der Waals surface area (Å²) in [4.78, 5) is 4.32. The molecule has 2 aromatic carbocycles. The summed E-state index contributed by atoms with van der Waals surface area (Å²) in [5.74, 6) is 0.337. The van der Waals surface area contributed by atoms with E-state index in [0.29, 0.717) is 18.4 Å². The fourth-order valence-corrected chi connectivity index (χ4v) is 2.16. The molecule has 0 saturated heterocycles. The highest BCUT2D eigenvalue weighted by atomic mass is 19.1. The number of aromatic nitrogens is 2. The molecule has 0 aliphatic carbocycles. The van der Waals surface area contributed by atoms with Gasteiger partial charge in [0.15, 0.2) is 0 Å². The Morgan fingerprint density at radius 1 is 1.14 bits per heavy atom. The highest BCUT2D eigenvalue weighted by Crippen LogP contribution is 2.18. The van der Waals surface area contributed by atoms with Gasteiger partial charge in [0.05, 0.1) is 0 Å². The molecule has 4 nitrogen and oxygen atoms in total. The maximum atomic E-state index is 12.8. The summed E-state index contributed by atoms with van der Waals surface area (Å²) in [6.45, 7) is 2.66. The molecule has 0 spiro atoms. The van der Waals surface area contributed by atoms with Crippen molar-refractivity contribution in [2.24, 2.45) is 0 Å². The Kier molecular flexibility index (Phi) is 4.14.